The van der Waals surface area contributed by atoms with Crippen molar-refractivity contribution in [2.24, 2.45) is 0 Å². The summed E-state index contributed by atoms with van der Waals surface area (Å²) in [5, 5.41) is 3.71. The van der Waals surface area contributed by atoms with E-state index in [1.807, 2.05) is 6.92 Å². The van der Waals surface area contributed by atoms with Crippen molar-refractivity contribution in [1.82, 2.24) is 10.6 Å². The van der Waals surface area contributed by atoms with E-state index in [-0.39, 0.29) is 30.5 Å². The highest BCUT2D eigenvalue weighted by Crippen LogP contribution is 2.32. The maximum Gasteiger partial charge on any atom is 0.309 e. The van der Waals surface area contributed by atoms with Gasteiger partial charge in [-0.2, -0.15) is 0 Å². The number of amides is 2. The van der Waals surface area contributed by atoms with Crippen LogP contribution in [-0.4, -0.2) is 33.6 Å². The third-order valence-corrected chi connectivity index (χ3v) is 7.21. The van der Waals surface area contributed by atoms with Gasteiger partial charge in [-0.1, -0.05) is 23.8 Å². The molecule has 2 N–H and O–H groups in total. The summed E-state index contributed by atoms with van der Waals surface area (Å²) < 4.78 is 42.2. The number of carbonyl (C=O) groups excluding carboxylic acids is 2. The van der Waals surface area contributed by atoms with Crippen molar-refractivity contribution in [3.8, 4) is 11.5 Å². The quantitative estimate of drug-likeness (QED) is 0.508. The number of furan rings is 1. The smallest absolute Gasteiger partial charge is 0.309 e. The summed E-state index contributed by atoms with van der Waals surface area (Å²) >= 11 is 0. The van der Waals surface area contributed by atoms with Crippen molar-refractivity contribution >= 4 is 21.7 Å². The second-order valence-electron chi connectivity index (χ2n) is 7.44. The van der Waals surface area contributed by atoms with Gasteiger partial charge in [-0.05, 0) is 48.9 Å². The molecule has 10 heteroatoms. The molecule has 0 unspecified atom stereocenters. The Bertz CT molecular complexity index is 1250. The molecule has 33 heavy (non-hydrogen) atoms. The molecule has 1 aliphatic heterocycles. The molecule has 4 rings (SSSR count). The van der Waals surface area contributed by atoms with Gasteiger partial charge in [0, 0.05) is 13.1 Å². The lowest BCUT2D eigenvalue weighted by atomic mass is 10.2. The summed E-state index contributed by atoms with van der Waals surface area (Å²) in [6, 6.07) is 14.6. The number of benzene rings is 2. The van der Waals surface area contributed by atoms with E-state index in [2.05, 4.69) is 10.6 Å². The van der Waals surface area contributed by atoms with Crippen molar-refractivity contribution < 1.29 is 31.9 Å². The summed E-state index contributed by atoms with van der Waals surface area (Å²) in [6.07, 6.45) is 1.35. The van der Waals surface area contributed by atoms with E-state index in [1.165, 1.54) is 24.5 Å². The average molecular weight is 471 g/mol. The third kappa shape index (κ3) is 5.01. The second-order valence-corrected chi connectivity index (χ2v) is 9.57. The molecular weight excluding hydrogens is 448 g/mol. The minimum absolute atomic E-state index is 0.0895. The summed E-state index contributed by atoms with van der Waals surface area (Å²) in [5.41, 5.74) is 1.63. The number of aryl methyl sites for hydroxylation is 1. The van der Waals surface area contributed by atoms with Crippen LogP contribution in [0.25, 0.3) is 0 Å². The highest BCUT2D eigenvalue weighted by Gasteiger charge is 2.32. The predicted octanol–water partition coefficient (Wildman–Crippen LogP) is 2.26. The van der Waals surface area contributed by atoms with Crippen LogP contribution in [0.3, 0.4) is 0 Å². The van der Waals surface area contributed by atoms with Crippen LogP contribution in [0.15, 0.2) is 70.2 Å². The molecule has 1 aromatic heterocycles. The monoisotopic (exact) mass is 470 g/mol. The molecule has 0 saturated heterocycles. The fourth-order valence-corrected chi connectivity index (χ4v) is 4.90. The van der Waals surface area contributed by atoms with Crippen LogP contribution in [0.2, 0.25) is 0 Å². The van der Waals surface area contributed by atoms with Crippen molar-refractivity contribution in [2.45, 2.75) is 23.6 Å². The molecular formula is C23H22N2O7S. The summed E-state index contributed by atoms with van der Waals surface area (Å²) in [5.74, 6) is -0.503. The van der Waals surface area contributed by atoms with Gasteiger partial charge < -0.3 is 24.5 Å². The Balaban J connectivity index is 1.40. The first kappa shape index (κ1) is 22.4. The number of rotatable bonds is 7. The molecule has 172 valence electrons. The standard InChI is InChI=1S/C23H22N2O7S/c1-15-4-7-17(8-5-15)33(28,29)21(19-3-2-10-30-19)13-25-23(27)22(26)24-12-16-6-9-18-20(11-16)32-14-31-18/h2-11,21H,12-14H2,1H3,(H,24,26)(H,25,27)/t21-/m0/s1. The van der Waals surface area contributed by atoms with Gasteiger partial charge in [0.15, 0.2) is 21.3 Å². The molecule has 0 fully saturated rings. The number of fused-ring (bicyclic) bond motifs is 1. The van der Waals surface area contributed by atoms with E-state index in [4.69, 9.17) is 13.9 Å². The molecule has 0 saturated carbocycles. The van der Waals surface area contributed by atoms with Gasteiger partial charge in [-0.15, -0.1) is 0 Å². The van der Waals surface area contributed by atoms with Crippen LogP contribution >= 0.6 is 0 Å². The van der Waals surface area contributed by atoms with E-state index < -0.39 is 26.9 Å². The fraction of sp³-hybridized carbons (Fsp3) is 0.217. The Labute approximate surface area is 190 Å². The maximum absolute atomic E-state index is 13.2. The van der Waals surface area contributed by atoms with Crippen molar-refractivity contribution in [3.05, 3.63) is 77.7 Å². The van der Waals surface area contributed by atoms with Crippen LogP contribution in [0.5, 0.6) is 11.5 Å². The SMILES string of the molecule is Cc1ccc(S(=O)(=O)[C@@H](CNC(=O)C(=O)NCc2ccc3c(c2)OCO3)c2ccco2)cc1. The summed E-state index contributed by atoms with van der Waals surface area (Å²) in [7, 11) is -3.89. The summed E-state index contributed by atoms with van der Waals surface area (Å²) in [4.78, 5) is 24.7. The predicted molar refractivity (Wildman–Crippen MR) is 117 cm³/mol. The average Bonchev–Trinajstić information content (AvgIpc) is 3.49. The largest absolute Gasteiger partial charge is 0.468 e. The number of ether oxygens (including phenoxy) is 2. The molecule has 1 atom stereocenters. The first-order chi connectivity index (χ1) is 15.8. The van der Waals surface area contributed by atoms with Gasteiger partial charge in [0.1, 0.15) is 11.0 Å². The first-order valence-corrected chi connectivity index (χ1v) is 11.7. The normalized spacial score (nSPS) is 13.4. The van der Waals surface area contributed by atoms with E-state index in [0.29, 0.717) is 11.5 Å². The molecule has 3 aromatic rings. The zero-order valence-corrected chi connectivity index (χ0v) is 18.6. The Morgan fingerprint density at radius 2 is 1.70 bits per heavy atom. The molecule has 0 bridgehead atoms. The van der Waals surface area contributed by atoms with Crippen LogP contribution in [0, 0.1) is 6.92 Å². The van der Waals surface area contributed by atoms with Crippen molar-refractivity contribution in [3.63, 3.8) is 0 Å². The molecule has 9 nitrogen and oxygen atoms in total. The maximum atomic E-state index is 13.2. The fourth-order valence-electron chi connectivity index (χ4n) is 3.31. The lowest BCUT2D eigenvalue weighted by Gasteiger charge is -2.17. The van der Waals surface area contributed by atoms with Gasteiger partial charge in [-0.25, -0.2) is 8.42 Å². The molecule has 0 spiro atoms. The molecule has 1 aliphatic rings. The number of hydrogen-bond donors (Lipinski definition) is 2. The van der Waals surface area contributed by atoms with Crippen LogP contribution in [-0.2, 0) is 26.0 Å². The van der Waals surface area contributed by atoms with E-state index >= 15 is 0 Å². The van der Waals surface area contributed by atoms with E-state index in [1.54, 1.807) is 36.4 Å². The summed E-state index contributed by atoms with van der Waals surface area (Å²) in [6.45, 7) is 1.74. The molecule has 2 aromatic carbocycles. The zero-order valence-electron chi connectivity index (χ0n) is 17.7. The molecule has 2 heterocycles. The molecule has 0 aliphatic carbocycles. The highest BCUT2D eigenvalue weighted by atomic mass is 32.2. The second kappa shape index (κ2) is 9.37. The minimum atomic E-state index is -3.89. The Hall–Kier alpha value is -3.79. The van der Waals surface area contributed by atoms with E-state index in [0.717, 1.165) is 11.1 Å². The van der Waals surface area contributed by atoms with Gasteiger partial charge in [0.2, 0.25) is 6.79 Å². The lowest BCUT2D eigenvalue weighted by Crippen LogP contribution is -2.42. The van der Waals surface area contributed by atoms with Crippen LogP contribution in [0.1, 0.15) is 22.1 Å². The Morgan fingerprint density at radius 3 is 2.42 bits per heavy atom. The lowest BCUT2D eigenvalue weighted by molar-refractivity contribution is -0.139. The topological polar surface area (TPSA) is 124 Å². The van der Waals surface area contributed by atoms with Crippen molar-refractivity contribution in [1.29, 1.82) is 0 Å². The minimum Gasteiger partial charge on any atom is -0.468 e. The van der Waals surface area contributed by atoms with Gasteiger partial charge >= 0.3 is 11.8 Å². The number of carbonyl (C=O) groups is 2. The Kier molecular flexibility index (Phi) is 6.36. The van der Waals surface area contributed by atoms with Crippen molar-refractivity contribution in [2.75, 3.05) is 13.3 Å². The van der Waals surface area contributed by atoms with Crippen LogP contribution in [0.4, 0.5) is 0 Å². The highest BCUT2D eigenvalue weighted by molar-refractivity contribution is 7.91. The molecule has 2 amide bonds. The zero-order chi connectivity index (χ0) is 23.4. The number of nitrogens with one attached hydrogen (secondary N) is 2. The first-order valence-electron chi connectivity index (χ1n) is 10.1. The van der Waals surface area contributed by atoms with E-state index in [9.17, 15) is 18.0 Å². The van der Waals surface area contributed by atoms with Gasteiger partial charge in [-0.3, -0.25) is 9.59 Å². The van der Waals surface area contributed by atoms with Gasteiger partial charge in [0.05, 0.1) is 11.2 Å². The van der Waals surface area contributed by atoms with Gasteiger partial charge in [0.25, 0.3) is 0 Å². The molecule has 0 radical (unpaired) electrons. The Morgan fingerprint density at radius 1 is 0.970 bits per heavy atom. The number of hydrogen-bond acceptors (Lipinski definition) is 7. The van der Waals surface area contributed by atoms with Crippen LogP contribution < -0.4 is 20.1 Å². The third-order valence-electron chi connectivity index (χ3n) is 5.13. The number of sulfone groups is 1.